The number of carbonyl (C=O) groups excluding carboxylic acids is 2. The molecule has 1 amide bonds. The number of hydrogen-bond donors (Lipinski definition) is 0. The Hall–Kier alpha value is -1.40. The lowest BCUT2D eigenvalue weighted by Gasteiger charge is -2.31. The summed E-state index contributed by atoms with van der Waals surface area (Å²) in [5.41, 5.74) is 1.15. The minimum atomic E-state index is -0.676. The second-order valence-corrected chi connectivity index (χ2v) is 5.84. The SMILES string of the molecule is CCc1sc(C(=O)N2CCOC(C(=O)OC)C2)cc1C. The van der Waals surface area contributed by atoms with Crippen LogP contribution in [0.4, 0.5) is 0 Å². The van der Waals surface area contributed by atoms with Crippen LogP contribution in [0.25, 0.3) is 0 Å². The van der Waals surface area contributed by atoms with Crippen molar-refractivity contribution in [3.05, 3.63) is 21.4 Å². The van der Waals surface area contributed by atoms with Crippen LogP contribution in [-0.2, 0) is 20.7 Å². The number of ether oxygens (including phenoxy) is 2. The molecule has 0 saturated carbocycles. The van der Waals surface area contributed by atoms with Gasteiger partial charge in [-0.2, -0.15) is 0 Å². The van der Waals surface area contributed by atoms with Crippen LogP contribution >= 0.6 is 11.3 Å². The fraction of sp³-hybridized carbons (Fsp3) is 0.571. The molecule has 0 aromatic carbocycles. The third-order valence-corrected chi connectivity index (χ3v) is 4.74. The highest BCUT2D eigenvalue weighted by atomic mass is 32.1. The Labute approximate surface area is 122 Å². The Morgan fingerprint density at radius 3 is 2.90 bits per heavy atom. The van der Waals surface area contributed by atoms with Gasteiger partial charge in [0.25, 0.3) is 5.91 Å². The minimum Gasteiger partial charge on any atom is -0.467 e. The van der Waals surface area contributed by atoms with Crippen LogP contribution in [0.3, 0.4) is 0 Å². The highest BCUT2D eigenvalue weighted by Crippen LogP contribution is 2.24. The van der Waals surface area contributed by atoms with Crippen molar-refractivity contribution in [2.24, 2.45) is 0 Å². The highest BCUT2D eigenvalue weighted by molar-refractivity contribution is 7.14. The Morgan fingerprint density at radius 2 is 2.30 bits per heavy atom. The summed E-state index contributed by atoms with van der Waals surface area (Å²) < 4.78 is 10.00. The fourth-order valence-corrected chi connectivity index (χ4v) is 3.32. The first-order valence-electron chi connectivity index (χ1n) is 6.64. The van der Waals surface area contributed by atoms with Crippen molar-refractivity contribution in [2.45, 2.75) is 26.4 Å². The Kier molecular flexibility index (Phi) is 4.77. The van der Waals surface area contributed by atoms with E-state index in [4.69, 9.17) is 4.74 Å². The lowest BCUT2D eigenvalue weighted by Crippen LogP contribution is -2.48. The largest absolute Gasteiger partial charge is 0.467 e. The zero-order chi connectivity index (χ0) is 14.7. The lowest BCUT2D eigenvalue weighted by atomic mass is 10.2. The lowest BCUT2D eigenvalue weighted by molar-refractivity contribution is -0.158. The third-order valence-electron chi connectivity index (χ3n) is 3.37. The molecule has 1 atom stereocenters. The predicted octanol–water partition coefficient (Wildman–Crippen LogP) is 1.63. The second kappa shape index (κ2) is 6.37. The number of morpholine rings is 1. The van der Waals surface area contributed by atoms with Gasteiger partial charge >= 0.3 is 5.97 Å². The number of rotatable bonds is 3. The average Bonchev–Trinajstić information content (AvgIpc) is 2.86. The molecule has 6 heteroatoms. The molecular weight excluding hydrogens is 278 g/mol. The van der Waals surface area contributed by atoms with E-state index in [0.717, 1.165) is 16.9 Å². The summed E-state index contributed by atoms with van der Waals surface area (Å²) in [6.07, 6.45) is 0.252. The van der Waals surface area contributed by atoms with E-state index in [2.05, 4.69) is 11.7 Å². The van der Waals surface area contributed by atoms with Crippen molar-refractivity contribution in [2.75, 3.05) is 26.8 Å². The van der Waals surface area contributed by atoms with E-state index in [-0.39, 0.29) is 12.5 Å². The number of hydrogen-bond acceptors (Lipinski definition) is 5. The van der Waals surface area contributed by atoms with Crippen molar-refractivity contribution < 1.29 is 19.1 Å². The van der Waals surface area contributed by atoms with E-state index in [9.17, 15) is 9.59 Å². The van der Waals surface area contributed by atoms with Crippen molar-refractivity contribution in [1.82, 2.24) is 4.90 Å². The average molecular weight is 297 g/mol. The van der Waals surface area contributed by atoms with Gasteiger partial charge < -0.3 is 14.4 Å². The quantitative estimate of drug-likeness (QED) is 0.796. The number of aryl methyl sites for hydroxylation is 2. The van der Waals surface area contributed by atoms with Gasteiger partial charge in [0.15, 0.2) is 6.10 Å². The molecule has 5 nitrogen and oxygen atoms in total. The molecule has 1 aromatic rings. The number of carbonyl (C=O) groups is 2. The van der Waals surface area contributed by atoms with Crippen LogP contribution in [0, 0.1) is 6.92 Å². The smallest absolute Gasteiger partial charge is 0.336 e. The van der Waals surface area contributed by atoms with Crippen LogP contribution in [0.15, 0.2) is 6.07 Å². The molecule has 0 bridgehead atoms. The number of nitrogens with zero attached hydrogens (tertiary/aromatic N) is 1. The number of thiophene rings is 1. The molecular formula is C14H19NO4S. The maximum atomic E-state index is 12.5. The summed E-state index contributed by atoms with van der Waals surface area (Å²) in [4.78, 5) is 27.6. The monoisotopic (exact) mass is 297 g/mol. The first-order valence-corrected chi connectivity index (χ1v) is 7.46. The van der Waals surface area contributed by atoms with Gasteiger partial charge in [-0.3, -0.25) is 4.79 Å². The van der Waals surface area contributed by atoms with Crippen molar-refractivity contribution in [3.63, 3.8) is 0 Å². The molecule has 1 unspecified atom stereocenters. The Balaban J connectivity index is 2.10. The maximum Gasteiger partial charge on any atom is 0.336 e. The summed E-state index contributed by atoms with van der Waals surface area (Å²) in [5, 5.41) is 0. The van der Waals surface area contributed by atoms with Gasteiger partial charge in [-0.25, -0.2) is 4.79 Å². The van der Waals surface area contributed by atoms with Crippen molar-refractivity contribution in [3.8, 4) is 0 Å². The van der Waals surface area contributed by atoms with Gasteiger partial charge in [0.1, 0.15) is 0 Å². The summed E-state index contributed by atoms with van der Waals surface area (Å²) in [6, 6.07) is 1.93. The normalized spacial score (nSPS) is 18.9. The zero-order valence-electron chi connectivity index (χ0n) is 12.0. The van der Waals surface area contributed by atoms with E-state index in [0.29, 0.717) is 13.2 Å². The first kappa shape index (κ1) is 15.0. The molecule has 0 spiro atoms. The third kappa shape index (κ3) is 3.02. The molecule has 1 aliphatic rings. The van der Waals surface area contributed by atoms with Gasteiger partial charge in [0.05, 0.1) is 25.1 Å². The standard InChI is InChI=1S/C14H19NO4S/c1-4-11-9(2)7-12(20-11)13(16)15-5-6-19-10(8-15)14(17)18-3/h7,10H,4-6,8H2,1-3H3. The molecule has 20 heavy (non-hydrogen) atoms. The Morgan fingerprint density at radius 1 is 1.55 bits per heavy atom. The predicted molar refractivity (Wildman–Crippen MR) is 76.1 cm³/mol. The minimum absolute atomic E-state index is 0.0324. The van der Waals surface area contributed by atoms with E-state index in [1.807, 2.05) is 13.0 Å². The maximum absolute atomic E-state index is 12.5. The van der Waals surface area contributed by atoms with Crippen LogP contribution in [0.2, 0.25) is 0 Å². The van der Waals surface area contributed by atoms with Crippen LogP contribution in [-0.4, -0.2) is 49.7 Å². The highest BCUT2D eigenvalue weighted by Gasteiger charge is 2.31. The molecule has 1 aliphatic heterocycles. The van der Waals surface area contributed by atoms with Crippen molar-refractivity contribution in [1.29, 1.82) is 0 Å². The van der Waals surface area contributed by atoms with E-state index < -0.39 is 12.1 Å². The number of methoxy groups -OCH3 is 1. The zero-order valence-corrected chi connectivity index (χ0v) is 12.8. The molecule has 1 saturated heterocycles. The van der Waals surface area contributed by atoms with Gasteiger partial charge in [-0.05, 0) is 25.0 Å². The van der Waals surface area contributed by atoms with Gasteiger partial charge in [0.2, 0.25) is 0 Å². The Bertz CT molecular complexity index is 511. The van der Waals surface area contributed by atoms with E-state index >= 15 is 0 Å². The summed E-state index contributed by atoms with van der Waals surface area (Å²) in [6.45, 7) is 5.21. The van der Waals surface area contributed by atoms with Crippen LogP contribution in [0.5, 0.6) is 0 Å². The van der Waals surface area contributed by atoms with Gasteiger partial charge in [-0.15, -0.1) is 11.3 Å². The van der Waals surface area contributed by atoms with Gasteiger partial charge in [-0.1, -0.05) is 6.92 Å². The first-order chi connectivity index (χ1) is 9.56. The van der Waals surface area contributed by atoms with Crippen LogP contribution in [0.1, 0.15) is 27.0 Å². The molecule has 2 heterocycles. The summed E-state index contributed by atoms with van der Waals surface area (Å²) in [5.74, 6) is -0.464. The summed E-state index contributed by atoms with van der Waals surface area (Å²) in [7, 11) is 1.32. The van der Waals surface area contributed by atoms with Crippen LogP contribution < -0.4 is 0 Å². The molecule has 1 aromatic heterocycles. The topological polar surface area (TPSA) is 55.8 Å². The molecule has 0 aliphatic carbocycles. The second-order valence-electron chi connectivity index (χ2n) is 4.70. The van der Waals surface area contributed by atoms with E-state index in [1.165, 1.54) is 23.3 Å². The molecule has 2 rings (SSSR count). The fourth-order valence-electron chi connectivity index (χ4n) is 2.24. The molecule has 110 valence electrons. The molecule has 0 radical (unpaired) electrons. The summed E-state index contributed by atoms with van der Waals surface area (Å²) >= 11 is 1.53. The molecule has 1 fully saturated rings. The van der Waals surface area contributed by atoms with E-state index in [1.54, 1.807) is 4.90 Å². The van der Waals surface area contributed by atoms with Gasteiger partial charge in [0, 0.05) is 11.4 Å². The van der Waals surface area contributed by atoms with Crippen molar-refractivity contribution >= 4 is 23.2 Å². The number of amides is 1. The molecule has 0 N–H and O–H groups in total. The number of esters is 1.